The Kier molecular flexibility index (Phi) is 3.14. The Morgan fingerprint density at radius 2 is 2.31 bits per heavy atom. The molecule has 0 aliphatic rings. The Morgan fingerprint density at radius 3 is 2.88 bits per heavy atom. The second-order valence-electron chi connectivity index (χ2n) is 3.19. The number of benzene rings is 1. The molecule has 2 rings (SSSR count). The molecule has 0 aliphatic heterocycles. The summed E-state index contributed by atoms with van der Waals surface area (Å²) in [5, 5.41) is 0.191. The Balaban J connectivity index is 2.41. The number of imidazole rings is 1. The van der Waals surface area contributed by atoms with Gasteiger partial charge in [0.15, 0.2) is 5.78 Å². The SMILES string of the molecule is O=C(CBr)c1ccc(-n2ccnc2)c(F)c1. The van der Waals surface area contributed by atoms with E-state index in [0.29, 0.717) is 11.3 Å². The molecule has 0 bridgehead atoms. The van der Waals surface area contributed by atoms with Crippen molar-refractivity contribution in [3.05, 3.63) is 48.3 Å². The van der Waals surface area contributed by atoms with Gasteiger partial charge < -0.3 is 4.57 Å². The molecule has 0 saturated heterocycles. The minimum atomic E-state index is -0.440. The van der Waals surface area contributed by atoms with Crippen molar-refractivity contribution in [2.75, 3.05) is 5.33 Å². The molecule has 0 saturated carbocycles. The molecule has 1 aromatic heterocycles. The number of alkyl halides is 1. The van der Waals surface area contributed by atoms with Crippen LogP contribution in [0.1, 0.15) is 10.4 Å². The Morgan fingerprint density at radius 1 is 1.50 bits per heavy atom. The average Bonchev–Trinajstić information content (AvgIpc) is 2.81. The predicted molar refractivity (Wildman–Crippen MR) is 61.6 cm³/mol. The topological polar surface area (TPSA) is 34.9 Å². The van der Waals surface area contributed by atoms with E-state index in [9.17, 15) is 9.18 Å². The lowest BCUT2D eigenvalue weighted by atomic mass is 10.1. The highest BCUT2D eigenvalue weighted by Gasteiger charge is 2.09. The molecule has 0 atom stereocenters. The third-order valence-electron chi connectivity index (χ3n) is 2.17. The molecule has 0 fully saturated rings. The van der Waals surface area contributed by atoms with Crippen LogP contribution < -0.4 is 0 Å². The van der Waals surface area contributed by atoms with E-state index >= 15 is 0 Å². The summed E-state index contributed by atoms with van der Waals surface area (Å²) in [6, 6.07) is 4.40. The molecule has 1 aromatic carbocycles. The maximum Gasteiger partial charge on any atom is 0.173 e. The molecule has 16 heavy (non-hydrogen) atoms. The number of hydrogen-bond acceptors (Lipinski definition) is 2. The Labute approximate surface area is 100 Å². The highest BCUT2D eigenvalue weighted by Crippen LogP contribution is 2.15. The second-order valence-corrected chi connectivity index (χ2v) is 3.75. The van der Waals surface area contributed by atoms with Gasteiger partial charge in [-0.15, -0.1) is 0 Å². The molecule has 0 aliphatic carbocycles. The minimum Gasteiger partial charge on any atom is -0.303 e. The average molecular weight is 283 g/mol. The number of carbonyl (C=O) groups is 1. The van der Waals surface area contributed by atoms with Gasteiger partial charge in [-0.25, -0.2) is 9.37 Å². The summed E-state index contributed by atoms with van der Waals surface area (Å²) in [6.45, 7) is 0. The van der Waals surface area contributed by atoms with Crippen LogP contribution in [-0.4, -0.2) is 20.7 Å². The number of hydrogen-bond donors (Lipinski definition) is 0. The zero-order valence-corrected chi connectivity index (χ0v) is 9.82. The van der Waals surface area contributed by atoms with Crippen LogP contribution in [0, 0.1) is 5.82 Å². The number of rotatable bonds is 3. The molecule has 1 heterocycles. The van der Waals surface area contributed by atoms with Crippen molar-refractivity contribution in [1.82, 2.24) is 9.55 Å². The molecule has 5 heteroatoms. The molecule has 3 nitrogen and oxygen atoms in total. The first-order valence-electron chi connectivity index (χ1n) is 4.59. The number of ketones is 1. The number of Topliss-reactive ketones (excluding diaryl/α,β-unsaturated/α-hetero) is 1. The van der Waals surface area contributed by atoms with Crippen LogP contribution >= 0.6 is 15.9 Å². The van der Waals surface area contributed by atoms with Crippen LogP contribution in [0.4, 0.5) is 4.39 Å². The highest BCUT2D eigenvalue weighted by atomic mass is 79.9. The van der Waals surface area contributed by atoms with Gasteiger partial charge in [0.2, 0.25) is 0 Å². The maximum atomic E-state index is 13.7. The normalized spacial score (nSPS) is 10.4. The minimum absolute atomic E-state index is 0.143. The quantitative estimate of drug-likeness (QED) is 0.641. The fourth-order valence-electron chi connectivity index (χ4n) is 1.37. The van der Waals surface area contributed by atoms with Gasteiger partial charge in [-0.05, 0) is 18.2 Å². The number of aromatic nitrogens is 2. The van der Waals surface area contributed by atoms with Crippen molar-refractivity contribution in [1.29, 1.82) is 0 Å². The maximum absolute atomic E-state index is 13.7. The molecule has 0 amide bonds. The van der Waals surface area contributed by atoms with Crippen LogP contribution in [0.3, 0.4) is 0 Å². The van der Waals surface area contributed by atoms with E-state index in [-0.39, 0.29) is 11.1 Å². The number of halogens is 2. The molecule has 0 spiro atoms. The Hall–Kier alpha value is -1.49. The van der Waals surface area contributed by atoms with Crippen molar-refractivity contribution >= 4 is 21.7 Å². The van der Waals surface area contributed by atoms with Crippen LogP contribution in [0.2, 0.25) is 0 Å². The molecule has 0 unspecified atom stereocenters. The summed E-state index contributed by atoms with van der Waals surface area (Å²) in [6.07, 6.45) is 4.71. The van der Waals surface area contributed by atoms with Gasteiger partial charge >= 0.3 is 0 Å². The molecular weight excluding hydrogens is 275 g/mol. The zero-order chi connectivity index (χ0) is 11.5. The lowest BCUT2D eigenvalue weighted by molar-refractivity contribution is 0.102. The molecule has 82 valence electrons. The van der Waals surface area contributed by atoms with Gasteiger partial charge in [0.1, 0.15) is 5.82 Å². The molecule has 0 radical (unpaired) electrons. The standard InChI is InChI=1S/C11H8BrFN2O/c12-6-11(16)8-1-2-10(9(13)5-8)15-4-3-14-7-15/h1-5,7H,6H2. The summed E-state index contributed by atoms with van der Waals surface area (Å²) in [7, 11) is 0. The number of nitrogens with zero attached hydrogens (tertiary/aromatic N) is 2. The van der Waals surface area contributed by atoms with Crippen molar-refractivity contribution in [2.45, 2.75) is 0 Å². The zero-order valence-electron chi connectivity index (χ0n) is 8.23. The van der Waals surface area contributed by atoms with Crippen molar-refractivity contribution in [2.24, 2.45) is 0 Å². The molecule has 2 aromatic rings. The fourth-order valence-corrected chi connectivity index (χ4v) is 1.69. The first-order valence-corrected chi connectivity index (χ1v) is 5.71. The lowest BCUT2D eigenvalue weighted by Gasteiger charge is -2.05. The van der Waals surface area contributed by atoms with Gasteiger partial charge in [-0.3, -0.25) is 4.79 Å². The van der Waals surface area contributed by atoms with E-state index in [1.54, 1.807) is 29.1 Å². The monoisotopic (exact) mass is 282 g/mol. The fraction of sp³-hybridized carbons (Fsp3) is 0.0909. The summed E-state index contributed by atoms with van der Waals surface area (Å²) < 4.78 is 15.2. The lowest BCUT2D eigenvalue weighted by Crippen LogP contribution is -2.02. The van der Waals surface area contributed by atoms with Crippen LogP contribution in [-0.2, 0) is 0 Å². The molecule has 0 N–H and O–H groups in total. The second kappa shape index (κ2) is 4.57. The Bertz CT molecular complexity index is 511. The van der Waals surface area contributed by atoms with E-state index in [2.05, 4.69) is 20.9 Å². The highest BCUT2D eigenvalue weighted by molar-refractivity contribution is 9.09. The summed E-state index contributed by atoms with van der Waals surface area (Å²) in [4.78, 5) is 15.2. The van der Waals surface area contributed by atoms with Crippen molar-refractivity contribution < 1.29 is 9.18 Å². The molecular formula is C11H8BrFN2O. The first-order chi connectivity index (χ1) is 7.72. The van der Waals surface area contributed by atoms with Gasteiger partial charge in [-0.1, -0.05) is 15.9 Å². The third kappa shape index (κ3) is 2.04. The smallest absolute Gasteiger partial charge is 0.173 e. The number of carbonyl (C=O) groups excluding carboxylic acids is 1. The van der Waals surface area contributed by atoms with E-state index in [1.807, 2.05) is 0 Å². The van der Waals surface area contributed by atoms with Crippen molar-refractivity contribution in [3.8, 4) is 5.69 Å². The van der Waals surface area contributed by atoms with Gasteiger partial charge in [0, 0.05) is 18.0 Å². The first kappa shape index (κ1) is 11.0. The van der Waals surface area contributed by atoms with Crippen molar-refractivity contribution in [3.63, 3.8) is 0 Å². The third-order valence-corrected chi connectivity index (χ3v) is 2.68. The van der Waals surface area contributed by atoms with Gasteiger partial charge in [-0.2, -0.15) is 0 Å². The largest absolute Gasteiger partial charge is 0.303 e. The van der Waals surface area contributed by atoms with Crippen LogP contribution in [0.5, 0.6) is 0 Å². The van der Waals surface area contributed by atoms with Crippen LogP contribution in [0.15, 0.2) is 36.9 Å². The van der Waals surface area contributed by atoms with E-state index in [0.717, 1.165) is 0 Å². The van der Waals surface area contributed by atoms with E-state index in [1.165, 1.54) is 12.4 Å². The summed E-state index contributed by atoms with van der Waals surface area (Å²) in [5.74, 6) is -0.583. The van der Waals surface area contributed by atoms with E-state index < -0.39 is 5.82 Å². The van der Waals surface area contributed by atoms with E-state index in [4.69, 9.17) is 0 Å². The summed E-state index contributed by atoms with van der Waals surface area (Å²) >= 11 is 3.05. The van der Waals surface area contributed by atoms with Gasteiger partial charge in [0.05, 0.1) is 17.3 Å². The summed E-state index contributed by atoms with van der Waals surface area (Å²) in [5.41, 5.74) is 0.738. The van der Waals surface area contributed by atoms with Gasteiger partial charge in [0.25, 0.3) is 0 Å². The predicted octanol–water partition coefficient (Wildman–Crippen LogP) is 2.59. The van der Waals surface area contributed by atoms with Crippen LogP contribution in [0.25, 0.3) is 5.69 Å².